The summed E-state index contributed by atoms with van der Waals surface area (Å²) in [5, 5.41) is 5.42. The third-order valence-corrected chi connectivity index (χ3v) is 2.76. The second-order valence-electron chi connectivity index (χ2n) is 4.10. The molecule has 0 aliphatic carbocycles. The molecule has 1 aliphatic rings. The van der Waals surface area contributed by atoms with Crippen LogP contribution >= 0.6 is 0 Å². The van der Waals surface area contributed by atoms with E-state index in [0.717, 1.165) is 5.56 Å². The Bertz CT molecular complexity index is 419. The van der Waals surface area contributed by atoms with Gasteiger partial charge in [0.2, 0.25) is 11.8 Å². The first kappa shape index (κ1) is 11.6. The van der Waals surface area contributed by atoms with Gasteiger partial charge in [-0.05, 0) is 5.56 Å². The number of rotatable bonds is 3. The monoisotopic (exact) mass is 233 g/mol. The molecule has 1 fully saturated rings. The smallest absolute Gasteiger partial charge is 0.241 e. The number of carbonyl (C=O) groups excluding carboxylic acids is 2. The zero-order valence-corrected chi connectivity index (χ0v) is 9.35. The average Bonchev–Trinajstić information content (AvgIpc) is 2.75. The molecule has 2 amide bonds. The van der Waals surface area contributed by atoms with E-state index in [1.165, 1.54) is 0 Å². The Morgan fingerprint density at radius 3 is 2.71 bits per heavy atom. The van der Waals surface area contributed by atoms with E-state index in [9.17, 15) is 9.59 Å². The molecule has 0 radical (unpaired) electrons. The molecule has 0 saturated carbocycles. The number of nitrogens with two attached hydrogens (primary N) is 1. The Hall–Kier alpha value is -1.88. The molecule has 1 aromatic carbocycles. The van der Waals surface area contributed by atoms with E-state index >= 15 is 0 Å². The number of nitrogens with one attached hydrogen (secondary N) is 2. The highest BCUT2D eigenvalue weighted by atomic mass is 16.2. The maximum Gasteiger partial charge on any atom is 0.241 e. The summed E-state index contributed by atoms with van der Waals surface area (Å²) in [6.45, 7) is 0.478. The lowest BCUT2D eigenvalue weighted by molar-refractivity contribution is -0.123. The van der Waals surface area contributed by atoms with Gasteiger partial charge in [0.05, 0.1) is 6.04 Å². The normalized spacial score (nSPS) is 20.8. The predicted octanol–water partition coefficient (Wildman–Crippen LogP) is -0.309. The molecule has 1 aromatic rings. The van der Waals surface area contributed by atoms with Gasteiger partial charge in [0, 0.05) is 13.0 Å². The molecular weight excluding hydrogens is 218 g/mol. The molecule has 4 N–H and O–H groups in total. The molecule has 2 unspecified atom stereocenters. The standard InChI is InChI=1S/C12H15N3O2/c13-11(8-4-2-1-3-5-8)12(17)15-9-6-10(16)14-7-9/h1-5,9,11H,6-7,13H2,(H,14,16)(H,15,17). The van der Waals surface area contributed by atoms with Crippen molar-refractivity contribution in [1.29, 1.82) is 0 Å². The topological polar surface area (TPSA) is 84.2 Å². The van der Waals surface area contributed by atoms with Gasteiger partial charge in [0.1, 0.15) is 6.04 Å². The van der Waals surface area contributed by atoms with Gasteiger partial charge in [0.25, 0.3) is 0 Å². The van der Waals surface area contributed by atoms with Gasteiger partial charge in [0.15, 0.2) is 0 Å². The molecule has 90 valence electrons. The zero-order valence-electron chi connectivity index (χ0n) is 9.35. The van der Waals surface area contributed by atoms with Crippen molar-refractivity contribution < 1.29 is 9.59 Å². The lowest BCUT2D eigenvalue weighted by Gasteiger charge is -2.15. The van der Waals surface area contributed by atoms with Gasteiger partial charge in [-0.2, -0.15) is 0 Å². The first-order valence-corrected chi connectivity index (χ1v) is 5.54. The molecular formula is C12H15N3O2. The van der Waals surface area contributed by atoms with Crippen LogP contribution in [0.15, 0.2) is 30.3 Å². The van der Waals surface area contributed by atoms with E-state index in [2.05, 4.69) is 10.6 Å². The first-order chi connectivity index (χ1) is 8.16. The number of benzene rings is 1. The molecule has 2 atom stereocenters. The van der Waals surface area contributed by atoms with Crippen LogP contribution in [0, 0.1) is 0 Å². The van der Waals surface area contributed by atoms with Crippen molar-refractivity contribution in [2.24, 2.45) is 5.73 Å². The Morgan fingerprint density at radius 1 is 1.41 bits per heavy atom. The molecule has 1 heterocycles. The van der Waals surface area contributed by atoms with Crippen LogP contribution in [0.4, 0.5) is 0 Å². The summed E-state index contributed by atoms with van der Waals surface area (Å²) < 4.78 is 0. The Kier molecular flexibility index (Phi) is 3.39. The largest absolute Gasteiger partial charge is 0.354 e. The van der Waals surface area contributed by atoms with Gasteiger partial charge < -0.3 is 16.4 Å². The van der Waals surface area contributed by atoms with E-state index in [-0.39, 0.29) is 17.9 Å². The van der Waals surface area contributed by atoms with Crippen molar-refractivity contribution in [2.45, 2.75) is 18.5 Å². The third-order valence-electron chi connectivity index (χ3n) is 2.76. The van der Waals surface area contributed by atoms with Crippen LogP contribution in [0.5, 0.6) is 0 Å². The Morgan fingerprint density at radius 2 is 2.12 bits per heavy atom. The maximum absolute atomic E-state index is 11.8. The van der Waals surface area contributed by atoms with Crippen molar-refractivity contribution in [3.05, 3.63) is 35.9 Å². The summed E-state index contributed by atoms with van der Waals surface area (Å²) in [5.74, 6) is -0.290. The van der Waals surface area contributed by atoms with Crippen molar-refractivity contribution in [3.8, 4) is 0 Å². The van der Waals surface area contributed by atoms with Gasteiger partial charge >= 0.3 is 0 Å². The lowest BCUT2D eigenvalue weighted by atomic mass is 10.1. The zero-order chi connectivity index (χ0) is 12.3. The Labute approximate surface area is 99.4 Å². The molecule has 0 bridgehead atoms. The summed E-state index contributed by atoms with van der Waals surface area (Å²) >= 11 is 0. The molecule has 5 nitrogen and oxygen atoms in total. The molecule has 1 saturated heterocycles. The van der Waals surface area contributed by atoms with E-state index in [0.29, 0.717) is 13.0 Å². The fourth-order valence-electron chi connectivity index (χ4n) is 1.81. The van der Waals surface area contributed by atoms with Crippen LogP contribution in [0.3, 0.4) is 0 Å². The number of hydrogen-bond acceptors (Lipinski definition) is 3. The molecule has 17 heavy (non-hydrogen) atoms. The van der Waals surface area contributed by atoms with Crippen LogP contribution in [-0.2, 0) is 9.59 Å². The molecule has 5 heteroatoms. The number of amides is 2. The van der Waals surface area contributed by atoms with Crippen LogP contribution < -0.4 is 16.4 Å². The van der Waals surface area contributed by atoms with Crippen molar-refractivity contribution in [2.75, 3.05) is 6.54 Å². The minimum absolute atomic E-state index is 0.0383. The molecule has 2 rings (SSSR count). The van der Waals surface area contributed by atoms with Crippen LogP contribution in [-0.4, -0.2) is 24.4 Å². The van der Waals surface area contributed by atoms with Crippen molar-refractivity contribution in [1.82, 2.24) is 10.6 Å². The van der Waals surface area contributed by atoms with Gasteiger partial charge in [-0.1, -0.05) is 30.3 Å². The van der Waals surface area contributed by atoms with E-state index in [1.54, 1.807) is 0 Å². The van der Waals surface area contributed by atoms with E-state index in [4.69, 9.17) is 5.73 Å². The van der Waals surface area contributed by atoms with Crippen molar-refractivity contribution >= 4 is 11.8 Å². The summed E-state index contributed by atoms with van der Waals surface area (Å²) in [5.41, 5.74) is 6.60. The molecule has 0 spiro atoms. The average molecular weight is 233 g/mol. The maximum atomic E-state index is 11.8. The fraction of sp³-hybridized carbons (Fsp3) is 0.333. The van der Waals surface area contributed by atoms with Crippen molar-refractivity contribution in [3.63, 3.8) is 0 Å². The van der Waals surface area contributed by atoms with E-state index in [1.807, 2.05) is 30.3 Å². The number of hydrogen-bond donors (Lipinski definition) is 3. The first-order valence-electron chi connectivity index (χ1n) is 5.54. The Balaban J connectivity index is 1.94. The summed E-state index contributed by atoms with van der Waals surface area (Å²) in [7, 11) is 0. The quantitative estimate of drug-likeness (QED) is 0.669. The summed E-state index contributed by atoms with van der Waals surface area (Å²) in [6.07, 6.45) is 0.327. The highest BCUT2D eigenvalue weighted by molar-refractivity contribution is 5.85. The molecule has 0 aromatic heterocycles. The molecule has 1 aliphatic heterocycles. The minimum Gasteiger partial charge on any atom is -0.354 e. The lowest BCUT2D eigenvalue weighted by Crippen LogP contribution is -2.41. The van der Waals surface area contributed by atoms with Crippen LogP contribution in [0.2, 0.25) is 0 Å². The van der Waals surface area contributed by atoms with E-state index < -0.39 is 6.04 Å². The predicted molar refractivity (Wildman–Crippen MR) is 62.9 cm³/mol. The second kappa shape index (κ2) is 4.97. The second-order valence-corrected chi connectivity index (χ2v) is 4.10. The van der Waals surface area contributed by atoms with Crippen LogP contribution in [0.1, 0.15) is 18.0 Å². The fourth-order valence-corrected chi connectivity index (χ4v) is 1.81. The van der Waals surface area contributed by atoms with Gasteiger partial charge in [-0.15, -0.1) is 0 Å². The van der Waals surface area contributed by atoms with Crippen LogP contribution in [0.25, 0.3) is 0 Å². The summed E-state index contributed by atoms with van der Waals surface area (Å²) in [4.78, 5) is 22.8. The summed E-state index contributed by atoms with van der Waals surface area (Å²) in [6, 6.07) is 8.32. The highest BCUT2D eigenvalue weighted by Crippen LogP contribution is 2.10. The highest BCUT2D eigenvalue weighted by Gasteiger charge is 2.25. The SMILES string of the molecule is NC(C(=O)NC1CNC(=O)C1)c1ccccc1. The number of carbonyl (C=O) groups is 2. The van der Waals surface area contributed by atoms with Gasteiger partial charge in [-0.3, -0.25) is 9.59 Å². The van der Waals surface area contributed by atoms with Gasteiger partial charge in [-0.25, -0.2) is 0 Å². The minimum atomic E-state index is -0.688. The third kappa shape index (κ3) is 2.82.